The Kier molecular flexibility index (Phi) is 5.54. The van der Waals surface area contributed by atoms with Gasteiger partial charge in [-0.25, -0.2) is 4.98 Å². The van der Waals surface area contributed by atoms with Gasteiger partial charge in [0.15, 0.2) is 0 Å². The van der Waals surface area contributed by atoms with Crippen molar-refractivity contribution in [3.05, 3.63) is 17.7 Å². The molecule has 1 aromatic heterocycles. The summed E-state index contributed by atoms with van der Waals surface area (Å²) in [6, 6.07) is 0.138. The van der Waals surface area contributed by atoms with Gasteiger partial charge in [-0.1, -0.05) is 0 Å². The molecule has 1 atom stereocenters. The Labute approximate surface area is 130 Å². The van der Waals surface area contributed by atoms with Crippen LogP contribution in [0.5, 0.6) is 0 Å². The molecule has 0 aromatic carbocycles. The first-order valence-electron chi connectivity index (χ1n) is 7.64. The molecule has 1 aliphatic rings. The van der Waals surface area contributed by atoms with E-state index < -0.39 is 0 Å². The highest BCUT2D eigenvalue weighted by molar-refractivity contribution is 5.93. The minimum absolute atomic E-state index is 0.0616. The summed E-state index contributed by atoms with van der Waals surface area (Å²) in [4.78, 5) is 28.4. The quantitative estimate of drug-likeness (QED) is 0.743. The molecule has 0 fully saturated rings. The molecule has 2 rings (SSSR count). The maximum atomic E-state index is 12.1. The second-order valence-electron chi connectivity index (χ2n) is 5.84. The predicted molar refractivity (Wildman–Crippen MR) is 81.5 cm³/mol. The molecule has 0 aliphatic carbocycles. The molecule has 1 aliphatic heterocycles. The van der Waals surface area contributed by atoms with E-state index in [0.717, 1.165) is 12.1 Å². The van der Waals surface area contributed by atoms with Crippen LogP contribution in [0.3, 0.4) is 0 Å². The van der Waals surface area contributed by atoms with Gasteiger partial charge in [-0.15, -0.1) is 0 Å². The van der Waals surface area contributed by atoms with Crippen LogP contribution in [-0.2, 0) is 22.5 Å². The summed E-state index contributed by atoms with van der Waals surface area (Å²) in [7, 11) is 1.59. The zero-order chi connectivity index (χ0) is 16.1. The summed E-state index contributed by atoms with van der Waals surface area (Å²) in [5, 5.41) is 5.72. The van der Waals surface area contributed by atoms with Crippen LogP contribution in [-0.4, -0.2) is 47.7 Å². The van der Waals surface area contributed by atoms with Gasteiger partial charge >= 0.3 is 0 Å². The second kappa shape index (κ2) is 7.40. The van der Waals surface area contributed by atoms with Gasteiger partial charge in [-0.05, 0) is 26.7 Å². The first kappa shape index (κ1) is 16.5. The lowest BCUT2D eigenvalue weighted by molar-refractivity contribution is -0.126. The number of nitrogens with one attached hydrogen (secondary N) is 2. The van der Waals surface area contributed by atoms with E-state index in [4.69, 9.17) is 4.74 Å². The molecule has 122 valence electrons. The first-order valence-corrected chi connectivity index (χ1v) is 7.64. The molecule has 2 amide bonds. The average Bonchev–Trinajstić information content (AvgIpc) is 2.89. The fourth-order valence-corrected chi connectivity index (χ4v) is 2.62. The van der Waals surface area contributed by atoms with Gasteiger partial charge < -0.3 is 19.9 Å². The SMILES string of the molecule is COCCNC(=O)c1ncn2c1CCC(C(=O)NC(C)C)C2. The number of ether oxygens (including phenoxy) is 1. The number of carbonyl (C=O) groups is 2. The number of fused-ring (bicyclic) bond motifs is 1. The van der Waals surface area contributed by atoms with Crippen molar-refractivity contribution in [3.8, 4) is 0 Å². The van der Waals surface area contributed by atoms with Crippen LogP contribution in [0.4, 0.5) is 0 Å². The van der Waals surface area contributed by atoms with Crippen LogP contribution in [0, 0.1) is 5.92 Å². The summed E-state index contributed by atoms with van der Waals surface area (Å²) >= 11 is 0. The van der Waals surface area contributed by atoms with Crippen LogP contribution in [0.15, 0.2) is 6.33 Å². The Morgan fingerprint density at radius 2 is 2.27 bits per heavy atom. The fraction of sp³-hybridized carbons (Fsp3) is 0.667. The summed E-state index contributed by atoms with van der Waals surface area (Å²) in [5.41, 5.74) is 1.36. The van der Waals surface area contributed by atoms with Crippen molar-refractivity contribution in [2.45, 2.75) is 39.3 Å². The minimum Gasteiger partial charge on any atom is -0.383 e. The van der Waals surface area contributed by atoms with Crippen molar-refractivity contribution < 1.29 is 14.3 Å². The molecular weight excluding hydrogens is 284 g/mol. The summed E-state index contributed by atoms with van der Waals surface area (Å²) in [5.74, 6) is -0.176. The van der Waals surface area contributed by atoms with Gasteiger partial charge in [0.25, 0.3) is 5.91 Å². The number of methoxy groups -OCH3 is 1. The number of imidazole rings is 1. The second-order valence-corrected chi connectivity index (χ2v) is 5.84. The van der Waals surface area contributed by atoms with Crippen molar-refractivity contribution in [1.29, 1.82) is 0 Å². The largest absolute Gasteiger partial charge is 0.383 e. The monoisotopic (exact) mass is 308 g/mol. The average molecular weight is 308 g/mol. The van der Waals surface area contributed by atoms with Gasteiger partial charge in [0.05, 0.1) is 24.5 Å². The Morgan fingerprint density at radius 1 is 1.50 bits per heavy atom. The van der Waals surface area contributed by atoms with Crippen LogP contribution in [0.25, 0.3) is 0 Å². The number of carbonyl (C=O) groups excluding carboxylic acids is 2. The third-order valence-electron chi connectivity index (χ3n) is 3.70. The van der Waals surface area contributed by atoms with Crippen molar-refractivity contribution in [3.63, 3.8) is 0 Å². The molecule has 0 bridgehead atoms. The highest BCUT2D eigenvalue weighted by Crippen LogP contribution is 2.22. The number of aromatic nitrogens is 2. The van der Waals surface area contributed by atoms with E-state index in [1.165, 1.54) is 0 Å². The van der Waals surface area contributed by atoms with Gasteiger partial charge in [-0.3, -0.25) is 9.59 Å². The van der Waals surface area contributed by atoms with Crippen LogP contribution in [0.1, 0.15) is 36.5 Å². The summed E-state index contributed by atoms with van der Waals surface area (Å²) in [6.45, 7) is 5.41. The normalized spacial score (nSPS) is 17.2. The van der Waals surface area contributed by atoms with E-state index in [0.29, 0.717) is 31.8 Å². The van der Waals surface area contributed by atoms with E-state index in [9.17, 15) is 9.59 Å². The molecule has 2 heterocycles. The standard InChI is InChI=1S/C15H24N4O3/c1-10(2)18-14(20)11-4-5-12-13(17-9-19(12)8-11)15(21)16-6-7-22-3/h9-11H,4-8H2,1-3H3,(H,16,21)(H,18,20). The van der Waals surface area contributed by atoms with E-state index in [2.05, 4.69) is 15.6 Å². The van der Waals surface area contributed by atoms with Crippen LogP contribution < -0.4 is 10.6 Å². The number of hydrogen-bond donors (Lipinski definition) is 2. The Morgan fingerprint density at radius 3 is 2.95 bits per heavy atom. The van der Waals surface area contributed by atoms with Crippen molar-refractivity contribution in [2.75, 3.05) is 20.3 Å². The van der Waals surface area contributed by atoms with Crippen LogP contribution >= 0.6 is 0 Å². The molecule has 1 unspecified atom stereocenters. The summed E-state index contributed by atoms with van der Waals surface area (Å²) in [6.07, 6.45) is 3.07. The fourth-order valence-electron chi connectivity index (χ4n) is 2.62. The van der Waals surface area contributed by atoms with E-state index in [-0.39, 0.29) is 23.8 Å². The highest BCUT2D eigenvalue weighted by atomic mass is 16.5. The lowest BCUT2D eigenvalue weighted by Gasteiger charge is -2.24. The van der Waals surface area contributed by atoms with E-state index >= 15 is 0 Å². The maximum Gasteiger partial charge on any atom is 0.271 e. The third kappa shape index (κ3) is 3.85. The van der Waals surface area contributed by atoms with Crippen molar-refractivity contribution >= 4 is 11.8 Å². The number of hydrogen-bond acceptors (Lipinski definition) is 4. The molecule has 7 nitrogen and oxygen atoms in total. The molecule has 0 radical (unpaired) electrons. The lowest BCUT2D eigenvalue weighted by Crippen LogP contribution is -2.39. The maximum absolute atomic E-state index is 12.1. The lowest BCUT2D eigenvalue weighted by atomic mass is 9.96. The predicted octanol–water partition coefficient (Wildman–Crippen LogP) is 0.346. The molecule has 22 heavy (non-hydrogen) atoms. The molecule has 7 heteroatoms. The van der Waals surface area contributed by atoms with E-state index in [1.54, 1.807) is 13.4 Å². The van der Waals surface area contributed by atoms with E-state index in [1.807, 2.05) is 18.4 Å². The Bertz CT molecular complexity index is 539. The third-order valence-corrected chi connectivity index (χ3v) is 3.70. The topological polar surface area (TPSA) is 85.2 Å². The van der Waals surface area contributed by atoms with Gasteiger partial charge in [0.2, 0.25) is 5.91 Å². The van der Waals surface area contributed by atoms with Crippen molar-refractivity contribution in [1.82, 2.24) is 20.2 Å². The number of rotatable bonds is 6. The van der Waals surface area contributed by atoms with Crippen molar-refractivity contribution in [2.24, 2.45) is 5.92 Å². The van der Waals surface area contributed by atoms with Gasteiger partial charge in [0, 0.05) is 26.2 Å². The Balaban J connectivity index is 2.00. The molecule has 0 saturated carbocycles. The molecular formula is C15H24N4O3. The highest BCUT2D eigenvalue weighted by Gasteiger charge is 2.28. The zero-order valence-electron chi connectivity index (χ0n) is 13.4. The minimum atomic E-state index is -0.184. The number of nitrogens with zero attached hydrogens (tertiary/aromatic N) is 2. The molecule has 0 saturated heterocycles. The van der Waals surface area contributed by atoms with Crippen LogP contribution in [0.2, 0.25) is 0 Å². The molecule has 2 N–H and O–H groups in total. The zero-order valence-corrected chi connectivity index (χ0v) is 13.4. The smallest absolute Gasteiger partial charge is 0.271 e. The Hall–Kier alpha value is -1.89. The first-order chi connectivity index (χ1) is 10.5. The number of amides is 2. The van der Waals surface area contributed by atoms with Gasteiger partial charge in [-0.2, -0.15) is 0 Å². The molecule has 0 spiro atoms. The molecule has 1 aromatic rings. The van der Waals surface area contributed by atoms with Gasteiger partial charge in [0.1, 0.15) is 5.69 Å². The summed E-state index contributed by atoms with van der Waals surface area (Å²) < 4.78 is 6.83.